The van der Waals surface area contributed by atoms with Crippen molar-refractivity contribution in [2.24, 2.45) is 0 Å². The van der Waals surface area contributed by atoms with Crippen LogP contribution in [0.15, 0.2) is 28.8 Å². The van der Waals surface area contributed by atoms with E-state index in [1.54, 1.807) is 7.11 Å². The fraction of sp³-hybridized carbons (Fsp3) is 0.385. The second-order valence-electron chi connectivity index (χ2n) is 4.31. The number of methoxy groups -OCH3 is 1. The fourth-order valence-corrected chi connectivity index (χ4v) is 1.77. The van der Waals surface area contributed by atoms with E-state index in [0.717, 1.165) is 5.69 Å². The van der Waals surface area contributed by atoms with Crippen molar-refractivity contribution in [1.29, 1.82) is 0 Å². The van der Waals surface area contributed by atoms with Gasteiger partial charge in [-0.25, -0.2) is 0 Å². The van der Waals surface area contributed by atoms with Crippen LogP contribution >= 0.6 is 0 Å². The third-order valence-electron chi connectivity index (χ3n) is 2.77. The van der Waals surface area contributed by atoms with Crippen molar-refractivity contribution in [1.82, 2.24) is 10.1 Å². The SMILES string of the molecule is COCc1noc(CC(C)c2ccc(N)cc2)n1. The van der Waals surface area contributed by atoms with Crippen molar-refractivity contribution in [2.75, 3.05) is 12.8 Å². The molecule has 18 heavy (non-hydrogen) atoms. The predicted octanol–water partition coefficient (Wildman–Crippen LogP) is 2.14. The molecule has 5 nitrogen and oxygen atoms in total. The lowest BCUT2D eigenvalue weighted by atomic mass is 9.98. The van der Waals surface area contributed by atoms with Gasteiger partial charge >= 0.3 is 0 Å². The number of hydrogen-bond donors (Lipinski definition) is 1. The molecule has 0 spiro atoms. The number of aromatic nitrogens is 2. The largest absolute Gasteiger partial charge is 0.399 e. The molecule has 2 aromatic rings. The van der Waals surface area contributed by atoms with Gasteiger partial charge in [-0.2, -0.15) is 4.98 Å². The fourth-order valence-electron chi connectivity index (χ4n) is 1.77. The highest BCUT2D eigenvalue weighted by atomic mass is 16.5. The van der Waals surface area contributed by atoms with E-state index in [9.17, 15) is 0 Å². The zero-order valence-corrected chi connectivity index (χ0v) is 10.6. The normalized spacial score (nSPS) is 12.6. The highest BCUT2D eigenvalue weighted by Gasteiger charge is 2.12. The predicted molar refractivity (Wildman–Crippen MR) is 68.0 cm³/mol. The molecule has 0 aliphatic carbocycles. The zero-order valence-electron chi connectivity index (χ0n) is 10.6. The maximum absolute atomic E-state index is 5.66. The molecular formula is C13H17N3O2. The van der Waals surface area contributed by atoms with Crippen molar-refractivity contribution in [3.05, 3.63) is 41.5 Å². The monoisotopic (exact) mass is 247 g/mol. The molecule has 0 saturated heterocycles. The van der Waals surface area contributed by atoms with Gasteiger partial charge in [0.25, 0.3) is 0 Å². The summed E-state index contributed by atoms with van der Waals surface area (Å²) < 4.78 is 10.1. The van der Waals surface area contributed by atoms with Crippen LogP contribution in [-0.2, 0) is 17.8 Å². The van der Waals surface area contributed by atoms with Crippen LogP contribution in [-0.4, -0.2) is 17.3 Å². The maximum atomic E-state index is 5.66. The summed E-state index contributed by atoms with van der Waals surface area (Å²) in [4.78, 5) is 4.26. The quantitative estimate of drug-likeness (QED) is 0.819. The summed E-state index contributed by atoms with van der Waals surface area (Å²) in [6.07, 6.45) is 0.709. The van der Waals surface area contributed by atoms with Gasteiger partial charge in [0.15, 0.2) is 5.82 Å². The third kappa shape index (κ3) is 3.07. The molecule has 0 saturated carbocycles. The lowest BCUT2D eigenvalue weighted by Gasteiger charge is -2.08. The van der Waals surface area contributed by atoms with E-state index in [2.05, 4.69) is 17.1 Å². The van der Waals surface area contributed by atoms with Crippen LogP contribution < -0.4 is 5.73 Å². The molecule has 1 aromatic carbocycles. The molecule has 2 N–H and O–H groups in total. The average Bonchev–Trinajstić information content (AvgIpc) is 2.78. The summed E-state index contributed by atoms with van der Waals surface area (Å²) >= 11 is 0. The van der Waals surface area contributed by atoms with Crippen LogP contribution in [0.3, 0.4) is 0 Å². The van der Waals surface area contributed by atoms with Crippen molar-refractivity contribution < 1.29 is 9.26 Å². The topological polar surface area (TPSA) is 74.2 Å². The molecule has 0 amide bonds. The Labute approximate surface area is 106 Å². The second kappa shape index (κ2) is 5.64. The summed E-state index contributed by atoms with van der Waals surface area (Å²) in [6, 6.07) is 7.84. The number of nitrogens with zero attached hydrogens (tertiary/aromatic N) is 2. The molecule has 0 bridgehead atoms. The summed E-state index contributed by atoms with van der Waals surface area (Å²) in [7, 11) is 1.60. The Balaban J connectivity index is 2.01. The Hall–Kier alpha value is -1.88. The van der Waals surface area contributed by atoms with Gasteiger partial charge in [0.1, 0.15) is 6.61 Å². The number of benzene rings is 1. The Morgan fingerprint density at radius 2 is 2.06 bits per heavy atom. The van der Waals surface area contributed by atoms with E-state index in [4.69, 9.17) is 15.0 Å². The van der Waals surface area contributed by atoms with Crippen LogP contribution in [0.4, 0.5) is 5.69 Å². The third-order valence-corrected chi connectivity index (χ3v) is 2.77. The standard InChI is InChI=1S/C13H17N3O2/c1-9(10-3-5-11(14)6-4-10)7-13-15-12(8-17-2)16-18-13/h3-6,9H,7-8,14H2,1-2H3. The number of nitrogens with two attached hydrogens (primary N) is 1. The number of rotatable bonds is 5. The molecule has 5 heteroatoms. The first-order chi connectivity index (χ1) is 8.69. The average molecular weight is 247 g/mol. The lowest BCUT2D eigenvalue weighted by Crippen LogP contribution is -1.99. The second-order valence-corrected chi connectivity index (χ2v) is 4.31. The first-order valence-corrected chi connectivity index (χ1v) is 5.85. The van der Waals surface area contributed by atoms with E-state index < -0.39 is 0 Å². The van der Waals surface area contributed by atoms with Crippen LogP contribution in [0.2, 0.25) is 0 Å². The van der Waals surface area contributed by atoms with Crippen molar-refractivity contribution >= 4 is 5.69 Å². The van der Waals surface area contributed by atoms with Gasteiger partial charge in [-0.3, -0.25) is 0 Å². The van der Waals surface area contributed by atoms with E-state index in [-0.39, 0.29) is 0 Å². The Morgan fingerprint density at radius 3 is 2.72 bits per heavy atom. The van der Waals surface area contributed by atoms with Crippen LogP contribution in [0.5, 0.6) is 0 Å². The molecule has 2 rings (SSSR count). The van der Waals surface area contributed by atoms with Crippen molar-refractivity contribution in [3.8, 4) is 0 Å². The highest BCUT2D eigenvalue weighted by Crippen LogP contribution is 2.20. The summed E-state index contributed by atoms with van der Waals surface area (Å²) in [5.41, 5.74) is 7.64. The maximum Gasteiger partial charge on any atom is 0.227 e. The van der Waals surface area contributed by atoms with Gasteiger partial charge in [0.2, 0.25) is 5.89 Å². The minimum atomic E-state index is 0.307. The summed E-state index contributed by atoms with van der Waals surface area (Å²) in [5, 5.41) is 3.84. The summed E-state index contributed by atoms with van der Waals surface area (Å²) in [6.45, 7) is 2.49. The summed E-state index contributed by atoms with van der Waals surface area (Å²) in [5.74, 6) is 1.52. The number of nitrogen functional groups attached to an aromatic ring is 1. The van der Waals surface area contributed by atoms with Gasteiger partial charge < -0.3 is 15.0 Å². The minimum absolute atomic E-state index is 0.307. The van der Waals surface area contributed by atoms with Gasteiger partial charge in [0.05, 0.1) is 0 Å². The molecular weight excluding hydrogens is 230 g/mol. The molecule has 0 aliphatic heterocycles. The first-order valence-electron chi connectivity index (χ1n) is 5.85. The van der Waals surface area contributed by atoms with E-state index in [1.165, 1.54) is 5.56 Å². The van der Waals surface area contributed by atoms with Gasteiger partial charge in [-0.15, -0.1) is 0 Å². The van der Waals surface area contributed by atoms with Crippen LogP contribution in [0, 0.1) is 0 Å². The number of hydrogen-bond acceptors (Lipinski definition) is 5. The van der Waals surface area contributed by atoms with Gasteiger partial charge in [0, 0.05) is 19.2 Å². The molecule has 1 unspecified atom stereocenters. The van der Waals surface area contributed by atoms with Crippen molar-refractivity contribution in [2.45, 2.75) is 25.9 Å². The highest BCUT2D eigenvalue weighted by molar-refractivity contribution is 5.40. The minimum Gasteiger partial charge on any atom is -0.399 e. The van der Waals surface area contributed by atoms with Crippen molar-refractivity contribution in [3.63, 3.8) is 0 Å². The van der Waals surface area contributed by atoms with E-state index >= 15 is 0 Å². The van der Waals surface area contributed by atoms with Gasteiger partial charge in [-0.1, -0.05) is 24.2 Å². The van der Waals surface area contributed by atoms with Crippen LogP contribution in [0.1, 0.15) is 30.1 Å². The number of ether oxygens (including phenoxy) is 1. The number of anilines is 1. The Morgan fingerprint density at radius 1 is 1.33 bits per heavy atom. The Kier molecular flexibility index (Phi) is 3.94. The van der Waals surface area contributed by atoms with E-state index in [0.29, 0.717) is 30.7 Å². The molecule has 1 heterocycles. The van der Waals surface area contributed by atoms with E-state index in [1.807, 2.05) is 24.3 Å². The van der Waals surface area contributed by atoms with Crippen LogP contribution in [0.25, 0.3) is 0 Å². The lowest BCUT2D eigenvalue weighted by molar-refractivity contribution is 0.174. The molecule has 1 aromatic heterocycles. The zero-order chi connectivity index (χ0) is 13.0. The molecule has 96 valence electrons. The smallest absolute Gasteiger partial charge is 0.227 e. The van der Waals surface area contributed by atoms with Gasteiger partial charge in [-0.05, 0) is 23.6 Å². The molecule has 1 atom stereocenters. The first kappa shape index (κ1) is 12.6. The molecule has 0 radical (unpaired) electrons. The molecule has 0 aliphatic rings. The molecule has 0 fully saturated rings. The Bertz CT molecular complexity index is 493.